The van der Waals surface area contributed by atoms with Gasteiger partial charge in [0.15, 0.2) is 9.84 Å². The van der Waals surface area contributed by atoms with Gasteiger partial charge in [0.25, 0.3) is 0 Å². The predicted molar refractivity (Wildman–Crippen MR) is 65.0 cm³/mol. The molecule has 1 aliphatic rings. The second kappa shape index (κ2) is 5.04. The van der Waals surface area contributed by atoms with E-state index in [1.165, 1.54) is 18.2 Å². The Bertz CT molecular complexity index is 593. The van der Waals surface area contributed by atoms with Gasteiger partial charge in [-0.25, -0.2) is 12.8 Å². The summed E-state index contributed by atoms with van der Waals surface area (Å²) in [5.41, 5.74) is 0.783. The van der Waals surface area contributed by atoms with Crippen LogP contribution < -0.4 is 5.32 Å². The average Bonchev–Trinajstić information content (AvgIpc) is 2.68. The third-order valence-electron chi connectivity index (χ3n) is 2.99. The van der Waals surface area contributed by atoms with E-state index in [-0.39, 0.29) is 29.9 Å². The van der Waals surface area contributed by atoms with Gasteiger partial charge in [0.2, 0.25) is 0 Å². The summed E-state index contributed by atoms with van der Waals surface area (Å²) in [6.07, 6.45) is 0.557. The largest absolute Gasteiger partial charge is 0.309 e. The molecule has 1 heterocycles. The van der Waals surface area contributed by atoms with Crippen LogP contribution in [-0.4, -0.2) is 26.0 Å². The van der Waals surface area contributed by atoms with Gasteiger partial charge in [-0.2, -0.15) is 5.26 Å². The van der Waals surface area contributed by atoms with Crippen molar-refractivity contribution in [2.24, 2.45) is 0 Å². The van der Waals surface area contributed by atoms with Gasteiger partial charge in [0, 0.05) is 18.2 Å². The molecular formula is C12H13FN2O2S. The molecule has 1 aliphatic heterocycles. The van der Waals surface area contributed by atoms with Crippen LogP contribution in [-0.2, 0) is 16.4 Å². The quantitative estimate of drug-likeness (QED) is 0.887. The molecule has 0 spiro atoms. The molecule has 1 unspecified atom stereocenters. The number of rotatable bonds is 3. The zero-order valence-electron chi connectivity index (χ0n) is 9.69. The molecule has 4 nitrogen and oxygen atoms in total. The summed E-state index contributed by atoms with van der Waals surface area (Å²) in [4.78, 5) is 0. The molecule has 2 rings (SSSR count). The third-order valence-corrected chi connectivity index (χ3v) is 4.76. The van der Waals surface area contributed by atoms with E-state index in [4.69, 9.17) is 5.26 Å². The van der Waals surface area contributed by atoms with Crippen molar-refractivity contribution in [3.05, 3.63) is 35.1 Å². The smallest absolute Gasteiger partial charge is 0.151 e. The summed E-state index contributed by atoms with van der Waals surface area (Å²) in [6.45, 7) is 0.238. The lowest BCUT2D eigenvalue weighted by atomic mass is 10.1. The van der Waals surface area contributed by atoms with Crippen LogP contribution in [0, 0.1) is 17.1 Å². The second-order valence-corrected chi connectivity index (χ2v) is 6.63. The van der Waals surface area contributed by atoms with Crippen LogP contribution >= 0.6 is 0 Å². The monoisotopic (exact) mass is 268 g/mol. The molecule has 6 heteroatoms. The SMILES string of the molecule is N#Cc1ccc(F)c(CNC2CCS(=O)(=O)C2)c1. The summed E-state index contributed by atoms with van der Waals surface area (Å²) in [6, 6.07) is 5.96. The van der Waals surface area contributed by atoms with Crippen molar-refractivity contribution in [1.29, 1.82) is 5.26 Å². The first-order valence-corrected chi connectivity index (χ1v) is 7.44. The molecule has 1 N–H and O–H groups in total. The first kappa shape index (κ1) is 13.0. The number of halogens is 1. The molecule has 0 aliphatic carbocycles. The van der Waals surface area contributed by atoms with Gasteiger partial charge in [0.05, 0.1) is 23.1 Å². The predicted octanol–water partition coefficient (Wildman–Crippen LogP) is 0.974. The van der Waals surface area contributed by atoms with Gasteiger partial charge in [-0.1, -0.05) is 0 Å². The number of sulfone groups is 1. The van der Waals surface area contributed by atoms with Crippen LogP contribution in [0.3, 0.4) is 0 Å². The fraction of sp³-hybridized carbons (Fsp3) is 0.417. The highest BCUT2D eigenvalue weighted by atomic mass is 32.2. The molecule has 0 saturated carbocycles. The highest BCUT2D eigenvalue weighted by Gasteiger charge is 2.27. The van der Waals surface area contributed by atoms with E-state index in [2.05, 4.69) is 5.32 Å². The lowest BCUT2D eigenvalue weighted by molar-refractivity contribution is 0.532. The fourth-order valence-electron chi connectivity index (χ4n) is 1.99. The van der Waals surface area contributed by atoms with Crippen LogP contribution in [0.5, 0.6) is 0 Å². The molecule has 0 radical (unpaired) electrons. The standard InChI is InChI=1S/C12H13FN2O2S/c13-12-2-1-9(6-14)5-10(12)7-15-11-3-4-18(16,17)8-11/h1-2,5,11,15H,3-4,7-8H2. The topological polar surface area (TPSA) is 70.0 Å². The minimum absolute atomic E-state index is 0.104. The molecule has 1 saturated heterocycles. The summed E-state index contributed by atoms with van der Waals surface area (Å²) >= 11 is 0. The molecular weight excluding hydrogens is 255 g/mol. The number of benzene rings is 1. The number of nitrogens with zero attached hydrogens (tertiary/aromatic N) is 1. The van der Waals surface area contributed by atoms with E-state index in [1.807, 2.05) is 6.07 Å². The average molecular weight is 268 g/mol. The Labute approximate surface area is 105 Å². The molecule has 1 aromatic rings. The molecule has 0 amide bonds. The minimum Gasteiger partial charge on any atom is -0.309 e. The molecule has 1 atom stereocenters. The molecule has 1 fully saturated rings. The summed E-state index contributed by atoms with van der Waals surface area (Å²) in [5, 5.41) is 11.7. The highest BCUT2D eigenvalue weighted by molar-refractivity contribution is 7.91. The second-order valence-electron chi connectivity index (χ2n) is 4.40. The molecule has 0 aromatic heterocycles. The summed E-state index contributed by atoms with van der Waals surface area (Å²) < 4.78 is 36.0. The fourth-order valence-corrected chi connectivity index (χ4v) is 3.70. The lowest BCUT2D eigenvalue weighted by Gasteiger charge is -2.11. The van der Waals surface area contributed by atoms with Crippen LogP contribution in [0.15, 0.2) is 18.2 Å². The van der Waals surface area contributed by atoms with E-state index in [0.717, 1.165) is 0 Å². The van der Waals surface area contributed by atoms with E-state index in [9.17, 15) is 12.8 Å². The zero-order chi connectivity index (χ0) is 13.2. The Kier molecular flexibility index (Phi) is 3.64. The van der Waals surface area contributed by atoms with Crippen molar-refractivity contribution >= 4 is 9.84 Å². The number of hydrogen-bond acceptors (Lipinski definition) is 4. The maximum absolute atomic E-state index is 13.5. The lowest BCUT2D eigenvalue weighted by Crippen LogP contribution is -2.29. The van der Waals surface area contributed by atoms with Gasteiger partial charge in [-0.15, -0.1) is 0 Å². The van der Waals surface area contributed by atoms with E-state index in [0.29, 0.717) is 17.5 Å². The Morgan fingerprint density at radius 3 is 2.89 bits per heavy atom. The Balaban J connectivity index is 2.01. The van der Waals surface area contributed by atoms with Crippen molar-refractivity contribution in [3.63, 3.8) is 0 Å². The molecule has 1 aromatic carbocycles. The molecule has 18 heavy (non-hydrogen) atoms. The number of hydrogen-bond donors (Lipinski definition) is 1. The van der Waals surface area contributed by atoms with Crippen molar-refractivity contribution in [1.82, 2.24) is 5.32 Å². The van der Waals surface area contributed by atoms with Gasteiger partial charge in [-0.3, -0.25) is 0 Å². The number of nitrogens with one attached hydrogen (secondary N) is 1. The van der Waals surface area contributed by atoms with E-state index in [1.54, 1.807) is 0 Å². The third kappa shape index (κ3) is 3.06. The maximum atomic E-state index is 13.5. The first-order valence-electron chi connectivity index (χ1n) is 5.62. The van der Waals surface area contributed by atoms with Gasteiger partial charge in [0.1, 0.15) is 5.82 Å². The van der Waals surface area contributed by atoms with E-state index >= 15 is 0 Å². The van der Waals surface area contributed by atoms with Crippen LogP contribution in [0.25, 0.3) is 0 Å². The number of nitriles is 1. The van der Waals surface area contributed by atoms with Crippen molar-refractivity contribution < 1.29 is 12.8 Å². The first-order chi connectivity index (χ1) is 8.50. The van der Waals surface area contributed by atoms with Crippen molar-refractivity contribution in [2.75, 3.05) is 11.5 Å². The summed E-state index contributed by atoms with van der Waals surface area (Å²) in [7, 11) is -2.93. The van der Waals surface area contributed by atoms with Crippen LogP contribution in [0.1, 0.15) is 17.5 Å². The van der Waals surface area contributed by atoms with Gasteiger partial charge < -0.3 is 5.32 Å². The van der Waals surface area contributed by atoms with Gasteiger partial charge in [-0.05, 0) is 24.6 Å². The Morgan fingerprint density at radius 1 is 1.50 bits per heavy atom. The van der Waals surface area contributed by atoms with Crippen molar-refractivity contribution in [2.45, 2.75) is 19.0 Å². The Morgan fingerprint density at radius 2 is 2.28 bits per heavy atom. The van der Waals surface area contributed by atoms with Crippen LogP contribution in [0.4, 0.5) is 4.39 Å². The molecule has 96 valence electrons. The van der Waals surface area contributed by atoms with Gasteiger partial charge >= 0.3 is 0 Å². The summed E-state index contributed by atoms with van der Waals surface area (Å²) in [5.74, 6) is -0.0971. The maximum Gasteiger partial charge on any atom is 0.151 e. The van der Waals surface area contributed by atoms with Crippen LogP contribution in [0.2, 0.25) is 0 Å². The zero-order valence-corrected chi connectivity index (χ0v) is 10.5. The molecule has 0 bridgehead atoms. The van der Waals surface area contributed by atoms with Crippen molar-refractivity contribution in [3.8, 4) is 6.07 Å². The highest BCUT2D eigenvalue weighted by Crippen LogP contribution is 2.14. The Hall–Kier alpha value is -1.45. The minimum atomic E-state index is -2.93. The normalized spacial score (nSPS) is 21.7. The van der Waals surface area contributed by atoms with E-state index < -0.39 is 9.84 Å².